The van der Waals surface area contributed by atoms with E-state index in [0.717, 1.165) is 5.56 Å². The van der Waals surface area contributed by atoms with Crippen molar-refractivity contribution in [1.29, 1.82) is 0 Å². The highest BCUT2D eigenvalue weighted by Gasteiger charge is 2.55. The Bertz CT molecular complexity index is 1360. The number of methoxy groups -OCH3 is 1. The zero-order chi connectivity index (χ0) is 21.0. The van der Waals surface area contributed by atoms with Gasteiger partial charge in [-0.05, 0) is 25.1 Å². The molecule has 30 heavy (non-hydrogen) atoms. The maximum absolute atomic E-state index is 13.4. The summed E-state index contributed by atoms with van der Waals surface area (Å²) in [5, 5.41) is 10.1. The summed E-state index contributed by atoms with van der Waals surface area (Å²) in [4.78, 5) is 31.3. The van der Waals surface area contributed by atoms with E-state index in [1.165, 1.54) is 18.4 Å². The number of benzene rings is 2. The summed E-state index contributed by atoms with van der Waals surface area (Å²) < 4.78 is 13.1. The SMILES string of the molecule is COC(=O)C1C2c3ccccc3OC1(C)N=c1s/c(=C\c3ccccc3O)c(=O)n12. The fourth-order valence-electron chi connectivity index (χ4n) is 4.18. The Morgan fingerprint density at radius 3 is 2.77 bits per heavy atom. The number of rotatable bonds is 2. The van der Waals surface area contributed by atoms with Crippen molar-refractivity contribution in [2.75, 3.05) is 7.11 Å². The Balaban J connectivity index is 1.81. The number of aromatic hydroxyl groups is 1. The van der Waals surface area contributed by atoms with Gasteiger partial charge in [-0.15, -0.1) is 0 Å². The van der Waals surface area contributed by atoms with Gasteiger partial charge < -0.3 is 14.6 Å². The van der Waals surface area contributed by atoms with Gasteiger partial charge in [-0.3, -0.25) is 14.2 Å². The van der Waals surface area contributed by atoms with Crippen LogP contribution >= 0.6 is 11.3 Å². The molecule has 0 amide bonds. The molecule has 8 heteroatoms. The Hall–Kier alpha value is -3.39. The molecule has 2 aromatic carbocycles. The average Bonchev–Trinajstić information content (AvgIpc) is 3.02. The molecule has 0 aliphatic carbocycles. The fraction of sp³-hybridized carbons (Fsp3) is 0.227. The number of carbonyl (C=O) groups is 1. The number of hydrogen-bond acceptors (Lipinski definition) is 7. The lowest BCUT2D eigenvalue weighted by molar-refractivity contribution is -0.158. The quantitative estimate of drug-likeness (QED) is 0.633. The molecular weight excluding hydrogens is 404 g/mol. The van der Waals surface area contributed by atoms with Gasteiger partial charge in [0.15, 0.2) is 4.80 Å². The monoisotopic (exact) mass is 422 g/mol. The molecule has 1 aromatic heterocycles. The first-order valence-electron chi connectivity index (χ1n) is 9.39. The van der Waals surface area contributed by atoms with E-state index >= 15 is 0 Å². The number of thiazole rings is 1. The van der Waals surface area contributed by atoms with Crippen LogP contribution in [0.15, 0.2) is 58.3 Å². The molecule has 7 nitrogen and oxygen atoms in total. The van der Waals surface area contributed by atoms with Crippen LogP contribution in [-0.4, -0.2) is 28.5 Å². The normalized spacial score (nSPS) is 24.3. The van der Waals surface area contributed by atoms with Crippen LogP contribution in [0.3, 0.4) is 0 Å². The molecule has 1 N–H and O–H groups in total. The number of hydrogen-bond donors (Lipinski definition) is 1. The van der Waals surface area contributed by atoms with E-state index in [4.69, 9.17) is 9.47 Å². The average molecular weight is 422 g/mol. The number of phenolic OH excluding ortho intramolecular Hbond substituents is 1. The van der Waals surface area contributed by atoms with Gasteiger partial charge in [0, 0.05) is 11.1 Å². The number of para-hydroxylation sites is 2. The van der Waals surface area contributed by atoms with Crippen molar-refractivity contribution in [3.8, 4) is 11.5 Å². The van der Waals surface area contributed by atoms with Crippen LogP contribution < -0.4 is 19.6 Å². The summed E-state index contributed by atoms with van der Waals surface area (Å²) in [5.74, 6) is -0.633. The van der Waals surface area contributed by atoms with Gasteiger partial charge in [-0.2, -0.15) is 0 Å². The highest BCUT2D eigenvalue weighted by atomic mass is 32.1. The highest BCUT2D eigenvalue weighted by Crippen LogP contribution is 2.47. The van der Waals surface area contributed by atoms with Gasteiger partial charge in [-0.25, -0.2) is 4.99 Å². The van der Waals surface area contributed by atoms with E-state index in [2.05, 4.69) is 4.99 Å². The summed E-state index contributed by atoms with van der Waals surface area (Å²) in [7, 11) is 1.32. The summed E-state index contributed by atoms with van der Waals surface area (Å²) in [6.07, 6.45) is 1.63. The van der Waals surface area contributed by atoms with Crippen LogP contribution in [0.1, 0.15) is 24.1 Å². The van der Waals surface area contributed by atoms with Crippen LogP contribution in [-0.2, 0) is 9.53 Å². The van der Waals surface area contributed by atoms with Crippen molar-refractivity contribution in [3.63, 3.8) is 0 Å². The first-order valence-corrected chi connectivity index (χ1v) is 10.2. The van der Waals surface area contributed by atoms with Gasteiger partial charge in [-0.1, -0.05) is 47.7 Å². The van der Waals surface area contributed by atoms with Crippen molar-refractivity contribution >= 4 is 23.4 Å². The largest absolute Gasteiger partial charge is 0.507 e. The maximum atomic E-state index is 13.4. The molecule has 152 valence electrons. The topological polar surface area (TPSA) is 90.1 Å². The van der Waals surface area contributed by atoms with E-state index in [9.17, 15) is 14.7 Å². The van der Waals surface area contributed by atoms with E-state index in [1.807, 2.05) is 18.2 Å². The second-order valence-electron chi connectivity index (χ2n) is 7.38. The summed E-state index contributed by atoms with van der Waals surface area (Å²) in [5.41, 5.74) is -0.213. The molecule has 3 aromatic rings. The lowest BCUT2D eigenvalue weighted by Crippen LogP contribution is -2.58. The van der Waals surface area contributed by atoms with E-state index < -0.39 is 23.7 Å². The van der Waals surface area contributed by atoms with Crippen LogP contribution in [0.2, 0.25) is 0 Å². The van der Waals surface area contributed by atoms with Crippen molar-refractivity contribution in [2.45, 2.75) is 18.7 Å². The van der Waals surface area contributed by atoms with Crippen LogP contribution in [0.25, 0.3) is 6.08 Å². The molecule has 2 bridgehead atoms. The van der Waals surface area contributed by atoms with Crippen molar-refractivity contribution in [3.05, 3.63) is 79.3 Å². The second kappa shape index (κ2) is 6.56. The fourth-order valence-corrected chi connectivity index (χ4v) is 5.27. The molecule has 0 spiro atoms. The van der Waals surface area contributed by atoms with Crippen LogP contribution in [0, 0.1) is 5.92 Å². The highest BCUT2D eigenvalue weighted by molar-refractivity contribution is 7.07. The van der Waals surface area contributed by atoms with Crippen molar-refractivity contribution in [1.82, 2.24) is 4.57 Å². The molecule has 0 radical (unpaired) electrons. The molecule has 2 aliphatic heterocycles. The lowest BCUT2D eigenvalue weighted by atomic mass is 9.81. The minimum atomic E-state index is -1.20. The van der Waals surface area contributed by atoms with Crippen LogP contribution in [0.4, 0.5) is 0 Å². The van der Waals surface area contributed by atoms with E-state index in [1.54, 1.807) is 47.9 Å². The summed E-state index contributed by atoms with van der Waals surface area (Å²) in [6, 6.07) is 13.5. The molecule has 3 unspecified atom stereocenters. The zero-order valence-electron chi connectivity index (χ0n) is 16.2. The molecule has 0 saturated heterocycles. The smallest absolute Gasteiger partial charge is 0.317 e. The van der Waals surface area contributed by atoms with Crippen LogP contribution in [0.5, 0.6) is 11.5 Å². The summed E-state index contributed by atoms with van der Waals surface area (Å²) >= 11 is 1.20. The predicted octanol–water partition coefficient (Wildman–Crippen LogP) is 1.56. The molecular formula is C22H18N2O5S. The number of phenols is 1. The number of fused-ring (bicyclic) bond motifs is 6. The van der Waals surface area contributed by atoms with Crippen molar-refractivity contribution < 1.29 is 19.4 Å². The molecule has 2 aliphatic rings. The number of nitrogens with zero attached hydrogens (tertiary/aromatic N) is 2. The molecule has 3 heterocycles. The minimum Gasteiger partial charge on any atom is -0.507 e. The third kappa shape index (κ3) is 2.60. The first kappa shape index (κ1) is 18.6. The lowest BCUT2D eigenvalue weighted by Gasteiger charge is -2.44. The number of ether oxygens (including phenoxy) is 2. The van der Waals surface area contributed by atoms with Gasteiger partial charge >= 0.3 is 5.97 Å². The number of esters is 1. The number of aromatic nitrogens is 1. The predicted molar refractivity (Wildman–Crippen MR) is 110 cm³/mol. The Morgan fingerprint density at radius 1 is 1.27 bits per heavy atom. The third-order valence-corrected chi connectivity index (χ3v) is 6.54. The Kier molecular flexibility index (Phi) is 4.08. The maximum Gasteiger partial charge on any atom is 0.317 e. The van der Waals surface area contributed by atoms with E-state index in [0.29, 0.717) is 20.6 Å². The third-order valence-electron chi connectivity index (χ3n) is 5.56. The Labute approximate surface area is 175 Å². The minimum absolute atomic E-state index is 0.0806. The van der Waals surface area contributed by atoms with E-state index in [-0.39, 0.29) is 11.3 Å². The molecule has 3 atom stereocenters. The Morgan fingerprint density at radius 2 is 2.00 bits per heavy atom. The second-order valence-corrected chi connectivity index (χ2v) is 8.39. The van der Waals surface area contributed by atoms with Gasteiger partial charge in [0.05, 0.1) is 17.7 Å². The van der Waals surface area contributed by atoms with Crippen molar-refractivity contribution in [2.24, 2.45) is 10.9 Å². The standard InChI is InChI=1S/C22H18N2O5S/c1-22-17(20(27)28-2)18(13-8-4-6-10-15(13)29-22)24-19(26)16(30-21(24)23-22)11-12-7-3-5-9-14(12)25/h3-11,17-18,25H,1-2H3/b16-11-. The van der Waals surface area contributed by atoms with Gasteiger partial charge in [0.1, 0.15) is 17.4 Å². The number of carbonyl (C=O) groups excluding carboxylic acids is 1. The molecule has 0 saturated carbocycles. The molecule has 5 rings (SSSR count). The summed E-state index contributed by atoms with van der Waals surface area (Å²) in [6.45, 7) is 1.73. The molecule has 0 fully saturated rings. The van der Waals surface area contributed by atoms with Gasteiger partial charge in [0.25, 0.3) is 5.56 Å². The first-order chi connectivity index (χ1) is 14.4. The van der Waals surface area contributed by atoms with Gasteiger partial charge in [0.2, 0.25) is 5.72 Å². The zero-order valence-corrected chi connectivity index (χ0v) is 17.1.